The van der Waals surface area contributed by atoms with Crippen molar-refractivity contribution in [2.45, 2.75) is 20.3 Å². The van der Waals surface area contributed by atoms with E-state index in [1.165, 1.54) is 0 Å². The fourth-order valence-corrected chi connectivity index (χ4v) is 1.54. The predicted octanol–water partition coefficient (Wildman–Crippen LogP) is 3.60. The number of hydrogen-bond donors (Lipinski definition) is 0. The van der Waals surface area contributed by atoms with Gasteiger partial charge in [-0.3, -0.25) is 0 Å². The number of esters is 1. The summed E-state index contributed by atoms with van der Waals surface area (Å²) >= 11 is 0. The molecule has 17 heavy (non-hydrogen) atoms. The molecule has 0 radical (unpaired) electrons. The molecule has 0 aromatic heterocycles. The molecule has 2 heteroatoms. The zero-order chi connectivity index (χ0) is 12.7. The molecule has 0 bridgehead atoms. The molecule has 0 N–H and O–H groups in total. The predicted molar refractivity (Wildman–Crippen MR) is 70.5 cm³/mol. The van der Waals surface area contributed by atoms with E-state index in [0.29, 0.717) is 13.0 Å². The Hall–Kier alpha value is -1.83. The van der Waals surface area contributed by atoms with Gasteiger partial charge < -0.3 is 4.74 Å². The number of ether oxygens (including phenoxy) is 1. The maximum atomic E-state index is 11.5. The third-order valence-corrected chi connectivity index (χ3v) is 2.22. The number of rotatable bonds is 5. The molecular weight excluding hydrogens is 212 g/mol. The van der Waals surface area contributed by atoms with Gasteiger partial charge in [0.05, 0.1) is 6.61 Å². The topological polar surface area (TPSA) is 26.3 Å². The standard InChI is InChI=1S/C15H18O2/c1-4-17-15(16)11-14(10-12(2)3)13-8-6-5-7-9-13/h5-9,11H,2,4,10H2,1,3H3. The van der Waals surface area contributed by atoms with Gasteiger partial charge >= 0.3 is 5.97 Å². The molecular formula is C15H18O2. The quantitative estimate of drug-likeness (QED) is 0.439. The molecule has 0 heterocycles. The minimum absolute atomic E-state index is 0.299. The van der Waals surface area contributed by atoms with E-state index in [1.54, 1.807) is 13.0 Å². The summed E-state index contributed by atoms with van der Waals surface area (Å²) in [6, 6.07) is 9.81. The van der Waals surface area contributed by atoms with E-state index >= 15 is 0 Å². The summed E-state index contributed by atoms with van der Waals surface area (Å²) in [6.45, 7) is 8.02. The number of benzene rings is 1. The lowest BCUT2D eigenvalue weighted by atomic mass is 9.99. The Morgan fingerprint density at radius 1 is 1.35 bits per heavy atom. The van der Waals surface area contributed by atoms with Crippen LogP contribution in [-0.2, 0) is 9.53 Å². The van der Waals surface area contributed by atoms with Crippen LogP contribution >= 0.6 is 0 Å². The van der Waals surface area contributed by atoms with Crippen LogP contribution < -0.4 is 0 Å². The molecule has 0 unspecified atom stereocenters. The van der Waals surface area contributed by atoms with Crippen LogP contribution in [0.5, 0.6) is 0 Å². The molecule has 90 valence electrons. The normalized spacial score (nSPS) is 11.1. The first-order chi connectivity index (χ1) is 8.13. The Morgan fingerprint density at radius 3 is 2.53 bits per heavy atom. The van der Waals surface area contributed by atoms with E-state index in [4.69, 9.17) is 4.74 Å². The van der Waals surface area contributed by atoms with Crippen molar-refractivity contribution in [2.75, 3.05) is 6.61 Å². The van der Waals surface area contributed by atoms with Crippen molar-refractivity contribution in [2.24, 2.45) is 0 Å². The molecule has 0 atom stereocenters. The SMILES string of the molecule is C=C(C)CC(=CC(=O)OCC)c1ccccc1. The molecule has 0 fully saturated rings. The van der Waals surface area contributed by atoms with Crippen LogP contribution in [-0.4, -0.2) is 12.6 Å². The highest BCUT2D eigenvalue weighted by molar-refractivity contribution is 5.91. The van der Waals surface area contributed by atoms with E-state index in [0.717, 1.165) is 16.7 Å². The number of carbonyl (C=O) groups excluding carboxylic acids is 1. The lowest BCUT2D eigenvalue weighted by Gasteiger charge is -2.07. The fraction of sp³-hybridized carbons (Fsp3) is 0.267. The van der Waals surface area contributed by atoms with Gasteiger partial charge in [0.1, 0.15) is 0 Å². The fourth-order valence-electron chi connectivity index (χ4n) is 1.54. The molecule has 0 aliphatic rings. The van der Waals surface area contributed by atoms with Gasteiger partial charge in [0.25, 0.3) is 0 Å². The minimum atomic E-state index is -0.299. The second kappa shape index (κ2) is 6.69. The van der Waals surface area contributed by atoms with Crippen molar-refractivity contribution in [3.8, 4) is 0 Å². The van der Waals surface area contributed by atoms with Gasteiger partial charge in [0, 0.05) is 6.08 Å². The maximum absolute atomic E-state index is 11.5. The summed E-state index contributed by atoms with van der Waals surface area (Å²) in [7, 11) is 0. The van der Waals surface area contributed by atoms with E-state index in [-0.39, 0.29) is 5.97 Å². The number of carbonyl (C=O) groups is 1. The minimum Gasteiger partial charge on any atom is -0.463 e. The summed E-state index contributed by atoms with van der Waals surface area (Å²) in [5.41, 5.74) is 2.99. The van der Waals surface area contributed by atoms with Crippen molar-refractivity contribution in [3.63, 3.8) is 0 Å². The second-order valence-corrected chi connectivity index (χ2v) is 3.92. The molecule has 0 aliphatic carbocycles. The Balaban J connectivity index is 2.96. The monoisotopic (exact) mass is 230 g/mol. The lowest BCUT2D eigenvalue weighted by molar-refractivity contribution is -0.137. The van der Waals surface area contributed by atoms with Gasteiger partial charge in [0.2, 0.25) is 0 Å². The highest BCUT2D eigenvalue weighted by atomic mass is 16.5. The van der Waals surface area contributed by atoms with Crippen molar-refractivity contribution < 1.29 is 9.53 Å². The van der Waals surface area contributed by atoms with Gasteiger partial charge in [-0.25, -0.2) is 4.79 Å². The van der Waals surface area contributed by atoms with Gasteiger partial charge in [-0.2, -0.15) is 0 Å². The van der Waals surface area contributed by atoms with Crippen molar-refractivity contribution in [1.82, 2.24) is 0 Å². The first-order valence-corrected chi connectivity index (χ1v) is 5.70. The first kappa shape index (κ1) is 13.2. The Bertz CT molecular complexity index is 416. The molecule has 0 amide bonds. The van der Waals surface area contributed by atoms with E-state index < -0.39 is 0 Å². The van der Waals surface area contributed by atoms with Crippen LogP contribution in [0.1, 0.15) is 25.8 Å². The Labute approximate surface area is 103 Å². The highest BCUT2D eigenvalue weighted by Crippen LogP contribution is 2.21. The number of allylic oxidation sites excluding steroid dienone is 2. The molecule has 0 aliphatic heterocycles. The molecule has 1 rings (SSSR count). The first-order valence-electron chi connectivity index (χ1n) is 5.70. The molecule has 1 aromatic rings. The third kappa shape index (κ3) is 4.68. The second-order valence-electron chi connectivity index (χ2n) is 3.92. The summed E-state index contributed by atoms with van der Waals surface area (Å²) in [6.07, 6.45) is 2.23. The van der Waals surface area contributed by atoms with Gasteiger partial charge in [-0.15, -0.1) is 0 Å². The average Bonchev–Trinajstić information content (AvgIpc) is 2.29. The van der Waals surface area contributed by atoms with Crippen LogP contribution in [0.4, 0.5) is 0 Å². The van der Waals surface area contributed by atoms with Crippen molar-refractivity contribution in [1.29, 1.82) is 0 Å². The van der Waals surface area contributed by atoms with E-state index in [2.05, 4.69) is 6.58 Å². The van der Waals surface area contributed by atoms with Crippen LogP contribution in [0, 0.1) is 0 Å². The Kier molecular flexibility index (Phi) is 5.21. The van der Waals surface area contributed by atoms with Crippen LogP contribution in [0.3, 0.4) is 0 Å². The van der Waals surface area contributed by atoms with Crippen LogP contribution in [0.15, 0.2) is 48.6 Å². The van der Waals surface area contributed by atoms with Crippen molar-refractivity contribution >= 4 is 11.5 Å². The zero-order valence-corrected chi connectivity index (χ0v) is 10.4. The molecule has 0 saturated carbocycles. The maximum Gasteiger partial charge on any atom is 0.331 e. The molecule has 1 aromatic carbocycles. The van der Waals surface area contributed by atoms with Crippen LogP contribution in [0.2, 0.25) is 0 Å². The van der Waals surface area contributed by atoms with E-state index in [1.807, 2.05) is 37.3 Å². The summed E-state index contributed by atoms with van der Waals surface area (Å²) in [5.74, 6) is -0.299. The third-order valence-electron chi connectivity index (χ3n) is 2.22. The van der Waals surface area contributed by atoms with Gasteiger partial charge in [0.15, 0.2) is 0 Å². The van der Waals surface area contributed by atoms with Crippen molar-refractivity contribution in [3.05, 3.63) is 54.1 Å². The largest absolute Gasteiger partial charge is 0.463 e. The summed E-state index contributed by atoms with van der Waals surface area (Å²) in [4.78, 5) is 11.5. The summed E-state index contributed by atoms with van der Waals surface area (Å²) < 4.78 is 4.93. The molecule has 0 spiro atoms. The van der Waals surface area contributed by atoms with Gasteiger partial charge in [-0.1, -0.05) is 42.5 Å². The average molecular weight is 230 g/mol. The van der Waals surface area contributed by atoms with Gasteiger partial charge in [-0.05, 0) is 31.4 Å². The van der Waals surface area contributed by atoms with E-state index in [9.17, 15) is 4.79 Å². The Morgan fingerprint density at radius 2 is 2.00 bits per heavy atom. The lowest BCUT2D eigenvalue weighted by Crippen LogP contribution is -2.01. The smallest absolute Gasteiger partial charge is 0.331 e. The molecule has 2 nitrogen and oxygen atoms in total. The molecule has 0 saturated heterocycles. The zero-order valence-electron chi connectivity index (χ0n) is 10.4. The van der Waals surface area contributed by atoms with Crippen LogP contribution in [0.25, 0.3) is 5.57 Å². The number of hydrogen-bond acceptors (Lipinski definition) is 2. The highest BCUT2D eigenvalue weighted by Gasteiger charge is 2.05. The summed E-state index contributed by atoms with van der Waals surface area (Å²) in [5, 5.41) is 0.